The molecule has 0 spiro atoms. The van der Waals surface area contributed by atoms with Gasteiger partial charge >= 0.3 is 0 Å². The van der Waals surface area contributed by atoms with Crippen molar-refractivity contribution >= 4 is 165 Å². The Kier molecular flexibility index (Phi) is 11.7. The number of hydrogen-bond donors (Lipinski definition) is 1. The van der Waals surface area contributed by atoms with Crippen molar-refractivity contribution in [3.63, 3.8) is 0 Å². The van der Waals surface area contributed by atoms with Gasteiger partial charge in [-0.2, -0.15) is 0 Å². The Labute approximate surface area is 577 Å². The second kappa shape index (κ2) is 21.2. The molecule has 14 aromatic carbocycles. The Morgan fingerprint density at radius 1 is 0.297 bits per heavy atom. The van der Waals surface area contributed by atoms with Gasteiger partial charge in [-0.3, -0.25) is 4.57 Å². The first-order valence-corrected chi connectivity index (χ1v) is 33.9. The molecule has 0 bridgehead atoms. The first-order chi connectivity index (χ1) is 50.1. The molecule has 472 valence electrons. The van der Waals surface area contributed by atoms with E-state index in [1.54, 1.807) is 0 Å². The van der Waals surface area contributed by atoms with E-state index < -0.39 is 0 Å². The molecule has 10 heterocycles. The van der Waals surface area contributed by atoms with Gasteiger partial charge < -0.3 is 32.4 Å². The highest BCUT2D eigenvalue weighted by Crippen LogP contribution is 2.53. The normalized spacial score (nSPS) is 12.4. The Bertz CT molecular complexity index is 7310. The van der Waals surface area contributed by atoms with Gasteiger partial charge in [0.05, 0.1) is 82.6 Å². The summed E-state index contributed by atoms with van der Waals surface area (Å²) in [5, 5.41) is 15.8. The lowest BCUT2D eigenvalue weighted by Gasteiger charge is -2.21. The number of fused-ring (bicyclic) bond motifs is 28. The van der Waals surface area contributed by atoms with Gasteiger partial charge in [-0.1, -0.05) is 182 Å². The van der Waals surface area contributed by atoms with Crippen molar-refractivity contribution < 1.29 is 18.3 Å². The first kappa shape index (κ1) is 55.6. The molecule has 0 saturated carbocycles. The minimum Gasteiger partial charge on any atom is -0.456 e. The van der Waals surface area contributed by atoms with Crippen LogP contribution in [0.3, 0.4) is 0 Å². The van der Waals surface area contributed by atoms with Gasteiger partial charge in [0.2, 0.25) is 11.2 Å². The van der Waals surface area contributed by atoms with E-state index in [4.69, 9.17) is 39.9 Å². The lowest BCUT2D eigenvalue weighted by Crippen LogP contribution is -2.07. The number of H-pyrrole nitrogens is 1. The number of aromatic nitrogens is 8. The summed E-state index contributed by atoms with van der Waals surface area (Å²) in [5.41, 5.74) is 19.9. The molecular formula is C88H49ClN8O4. The smallest absolute Gasteiger partial charge is 0.235 e. The molecular weight excluding hydrogens is 1270 g/mol. The van der Waals surface area contributed by atoms with Crippen molar-refractivity contribution in [1.29, 1.82) is 0 Å². The molecule has 13 heteroatoms. The molecule has 0 unspecified atom stereocenters. The molecule has 1 N–H and O–H groups in total. The maximum Gasteiger partial charge on any atom is 0.235 e. The second-order valence-electron chi connectivity index (χ2n) is 25.6. The Balaban J connectivity index is 0.000000108. The fourth-order valence-electron chi connectivity index (χ4n) is 16.2. The van der Waals surface area contributed by atoms with Crippen LogP contribution in [-0.4, -0.2) is 38.6 Å². The fourth-order valence-corrected chi connectivity index (χ4v) is 16.4. The largest absolute Gasteiger partial charge is 0.456 e. The van der Waals surface area contributed by atoms with Gasteiger partial charge in [-0.25, -0.2) is 19.9 Å². The molecule has 101 heavy (non-hydrogen) atoms. The van der Waals surface area contributed by atoms with Gasteiger partial charge in [-0.05, 0) is 121 Å². The summed E-state index contributed by atoms with van der Waals surface area (Å²) in [5.74, 6) is 3.73. The van der Waals surface area contributed by atoms with Gasteiger partial charge in [0, 0.05) is 81.9 Å². The summed E-state index contributed by atoms with van der Waals surface area (Å²) in [7, 11) is 0. The van der Waals surface area contributed by atoms with Crippen LogP contribution >= 0.6 is 11.6 Å². The average molecular weight is 1320 g/mol. The zero-order valence-corrected chi connectivity index (χ0v) is 54.1. The van der Waals surface area contributed by atoms with Crippen molar-refractivity contribution in [1.82, 2.24) is 38.6 Å². The number of hydrogen-bond acceptors (Lipinski definition) is 8. The predicted molar refractivity (Wildman–Crippen MR) is 408 cm³/mol. The highest BCUT2D eigenvalue weighted by Gasteiger charge is 2.32. The van der Waals surface area contributed by atoms with E-state index in [0.717, 1.165) is 183 Å². The Morgan fingerprint density at radius 3 is 1.32 bits per heavy atom. The van der Waals surface area contributed by atoms with Crippen LogP contribution in [0.1, 0.15) is 0 Å². The third-order valence-corrected chi connectivity index (χ3v) is 20.4. The number of para-hydroxylation sites is 10. The molecule has 0 atom stereocenters. The number of ether oxygens (including phenoxy) is 2. The van der Waals surface area contributed by atoms with E-state index in [1.807, 2.05) is 84.9 Å². The van der Waals surface area contributed by atoms with Crippen LogP contribution < -0.4 is 9.47 Å². The van der Waals surface area contributed by atoms with Crippen LogP contribution in [0.4, 0.5) is 0 Å². The van der Waals surface area contributed by atoms with Crippen LogP contribution in [-0.2, 0) is 0 Å². The van der Waals surface area contributed by atoms with Crippen LogP contribution in [0.2, 0.25) is 5.28 Å². The summed E-state index contributed by atoms with van der Waals surface area (Å²) in [6, 6.07) is 100. The van der Waals surface area contributed by atoms with Crippen molar-refractivity contribution in [2.24, 2.45) is 0 Å². The number of aromatic amines is 1. The number of benzene rings is 14. The number of nitrogens with one attached hydrogen (secondary N) is 1. The highest BCUT2D eigenvalue weighted by atomic mass is 35.5. The summed E-state index contributed by atoms with van der Waals surface area (Å²) in [6.07, 6.45) is 0. The quantitative estimate of drug-likeness (QED) is 0.173. The minimum atomic E-state index is 0.256. The topological polar surface area (TPSA) is 127 Å². The summed E-state index contributed by atoms with van der Waals surface area (Å²) < 4.78 is 32.7. The van der Waals surface area contributed by atoms with E-state index in [9.17, 15) is 0 Å². The predicted octanol–water partition coefficient (Wildman–Crippen LogP) is 23.9. The zero-order valence-electron chi connectivity index (χ0n) is 53.4. The monoisotopic (exact) mass is 1320 g/mol. The average Bonchev–Trinajstić information content (AvgIpc) is 1.52. The minimum absolute atomic E-state index is 0.256. The van der Waals surface area contributed by atoms with Crippen LogP contribution in [0.5, 0.6) is 23.0 Å². The fraction of sp³-hybridized carbons (Fsp3) is 0. The summed E-state index contributed by atoms with van der Waals surface area (Å²) in [4.78, 5) is 23.1. The first-order valence-electron chi connectivity index (χ1n) is 33.6. The maximum absolute atomic E-state index is 6.88. The van der Waals surface area contributed by atoms with E-state index >= 15 is 0 Å². The van der Waals surface area contributed by atoms with Crippen LogP contribution in [0, 0.1) is 0 Å². The van der Waals surface area contributed by atoms with Crippen LogP contribution in [0.15, 0.2) is 300 Å². The third kappa shape index (κ3) is 7.95. The van der Waals surface area contributed by atoms with E-state index in [1.165, 1.54) is 27.1 Å². The SMILES string of the molecule is Clc1nc2c3c(cccc3n1)Oc1ccccc1-2.c1ccc(-n2c3ccccc3c3c4oc5ccccc5c4c4c5ccccc5[nH]c4c32)cc1.c1ccc(-n2c3ccccc3c3c4oc5ccccc5c4c4c5ccccc5n(-c5nc6c7c(cccc7n5)Oc5ccccc5-6)c4c32)cc1. The van der Waals surface area contributed by atoms with Crippen molar-refractivity contribution in [2.45, 2.75) is 0 Å². The van der Waals surface area contributed by atoms with E-state index in [-0.39, 0.29) is 5.28 Å². The molecule has 2 aliphatic heterocycles. The summed E-state index contributed by atoms with van der Waals surface area (Å²) in [6.45, 7) is 0. The van der Waals surface area contributed by atoms with Gasteiger partial charge in [-0.15, -0.1) is 0 Å². The van der Waals surface area contributed by atoms with Gasteiger partial charge in [0.25, 0.3) is 0 Å². The molecule has 24 rings (SSSR count). The third-order valence-electron chi connectivity index (χ3n) is 20.2. The molecule has 12 nitrogen and oxygen atoms in total. The molecule has 0 radical (unpaired) electrons. The number of rotatable bonds is 3. The molecule has 22 aromatic rings. The van der Waals surface area contributed by atoms with Crippen molar-refractivity contribution in [2.75, 3.05) is 0 Å². The lowest BCUT2D eigenvalue weighted by molar-refractivity contribution is 0.486. The standard InChI is InChI=1S/C44H24N4O2.C30H18N2O.C14H7ClN2O/c1-2-13-25(14-3-1)47-31-20-8-5-16-27(31)38-42(47)41-36(37-28-17-6-10-22-33(28)50-43(37)38)26-15-4-9-21-32(26)48(41)44-45-30-19-12-24-35-39(30)40(46-44)29-18-7-11-23-34(29)49-35;1-2-10-18(11-3-1)32-23-16-8-5-13-20(23)27-29(32)28-25(19-12-4-7-15-22(19)31-28)26-21-14-6-9-17-24(21)33-30(26)27;15-14-16-9-5-3-7-11-12(9)13(17-14)8-4-1-2-6-10(8)18-11/h1-24H;1-17,31H;1-7H. The highest BCUT2D eigenvalue weighted by molar-refractivity contribution is 6.41. The number of furan rings is 2. The maximum atomic E-state index is 6.88. The molecule has 8 aromatic heterocycles. The Hall–Kier alpha value is -13.6. The molecule has 0 saturated heterocycles. The molecule has 0 aliphatic carbocycles. The van der Waals surface area contributed by atoms with Crippen molar-refractivity contribution in [3.8, 4) is 62.8 Å². The van der Waals surface area contributed by atoms with E-state index in [2.05, 4.69) is 235 Å². The number of nitrogens with zero attached hydrogens (tertiary/aromatic N) is 7. The summed E-state index contributed by atoms with van der Waals surface area (Å²) >= 11 is 5.98. The molecule has 0 amide bonds. The molecule has 0 fully saturated rings. The lowest BCUT2D eigenvalue weighted by atomic mass is 10.0. The zero-order chi connectivity index (χ0) is 66.1. The second-order valence-corrected chi connectivity index (χ2v) is 26.0. The Morgan fingerprint density at radius 2 is 0.723 bits per heavy atom. The number of halogens is 1. The van der Waals surface area contributed by atoms with Crippen LogP contribution in [0.25, 0.3) is 193 Å². The van der Waals surface area contributed by atoms with E-state index in [0.29, 0.717) is 5.95 Å². The van der Waals surface area contributed by atoms with Gasteiger partial charge in [0.15, 0.2) is 0 Å². The molecule has 2 aliphatic rings. The van der Waals surface area contributed by atoms with Crippen molar-refractivity contribution in [3.05, 3.63) is 296 Å². The van der Waals surface area contributed by atoms with Gasteiger partial charge in [0.1, 0.15) is 45.3 Å².